The Hall–Kier alpha value is -4.64. The molecule has 2 atom stereocenters. The molecule has 0 unspecified atom stereocenters. The van der Waals surface area contributed by atoms with Crippen LogP contribution < -0.4 is 24.8 Å². The summed E-state index contributed by atoms with van der Waals surface area (Å²) < 4.78 is 19.4. The molecule has 5 heterocycles. The second kappa shape index (κ2) is 11.1. The summed E-state index contributed by atoms with van der Waals surface area (Å²) in [6.07, 6.45) is 1.56. The van der Waals surface area contributed by atoms with Gasteiger partial charge in [0.15, 0.2) is 23.8 Å². The van der Waals surface area contributed by atoms with Gasteiger partial charge in [-0.05, 0) is 55.8 Å². The summed E-state index contributed by atoms with van der Waals surface area (Å²) >= 11 is 0. The average Bonchev–Trinajstić information content (AvgIpc) is 3.54. The smallest absolute Gasteiger partial charge is 0.258 e. The van der Waals surface area contributed by atoms with Gasteiger partial charge >= 0.3 is 0 Å². The number of amides is 2. The number of ether oxygens (including phenoxy) is 3. The predicted octanol–water partition coefficient (Wildman–Crippen LogP) is 2.43. The van der Waals surface area contributed by atoms with Gasteiger partial charge in [-0.2, -0.15) is 5.10 Å². The number of nitrogens with zero attached hydrogens (tertiary/aromatic N) is 4. The van der Waals surface area contributed by atoms with Crippen LogP contribution in [0.15, 0.2) is 54.7 Å². The van der Waals surface area contributed by atoms with Crippen LogP contribution in [0.3, 0.4) is 0 Å². The van der Waals surface area contributed by atoms with Crippen molar-refractivity contribution in [1.82, 2.24) is 30.1 Å². The van der Waals surface area contributed by atoms with Crippen molar-refractivity contribution in [3.8, 4) is 17.2 Å². The molecule has 11 heteroatoms. The summed E-state index contributed by atoms with van der Waals surface area (Å²) in [5.41, 5.74) is 5.14. The van der Waals surface area contributed by atoms with E-state index in [4.69, 9.17) is 19.2 Å². The zero-order valence-electron chi connectivity index (χ0n) is 23.2. The van der Waals surface area contributed by atoms with E-state index in [1.165, 1.54) is 7.11 Å². The van der Waals surface area contributed by atoms with Gasteiger partial charge in [-0.1, -0.05) is 12.1 Å². The fraction of sp³-hybridized carbons (Fsp3) is 0.333. The van der Waals surface area contributed by atoms with Gasteiger partial charge in [0.05, 0.1) is 19.3 Å². The minimum absolute atomic E-state index is 0.209. The van der Waals surface area contributed by atoms with Crippen molar-refractivity contribution in [3.05, 3.63) is 82.8 Å². The van der Waals surface area contributed by atoms with Crippen LogP contribution in [0, 0.1) is 13.8 Å². The quantitative estimate of drug-likeness (QED) is 0.395. The predicted molar refractivity (Wildman–Crippen MR) is 150 cm³/mol. The molecule has 2 aromatic heterocycles. The Balaban J connectivity index is 1.29. The summed E-state index contributed by atoms with van der Waals surface area (Å²) in [7, 11) is 1.51. The Kier molecular flexibility index (Phi) is 7.19. The molecule has 4 bridgehead atoms. The van der Waals surface area contributed by atoms with Crippen LogP contribution in [-0.2, 0) is 17.9 Å². The minimum atomic E-state index is -0.299. The van der Waals surface area contributed by atoms with Crippen molar-refractivity contribution in [3.63, 3.8) is 0 Å². The minimum Gasteiger partial charge on any atom is -0.493 e. The van der Waals surface area contributed by atoms with Crippen molar-refractivity contribution in [1.29, 1.82) is 0 Å². The van der Waals surface area contributed by atoms with Gasteiger partial charge in [0.1, 0.15) is 11.9 Å². The second-order valence-electron chi connectivity index (χ2n) is 10.4. The zero-order valence-corrected chi connectivity index (χ0v) is 23.2. The largest absolute Gasteiger partial charge is 0.493 e. The molecule has 2 aromatic carbocycles. The molecule has 212 valence electrons. The molecule has 4 aromatic rings. The number of nitrogens with one attached hydrogen (secondary N) is 2. The maximum absolute atomic E-state index is 13.4. The first-order chi connectivity index (χ1) is 19.9. The van der Waals surface area contributed by atoms with Crippen LogP contribution in [0.5, 0.6) is 17.2 Å². The van der Waals surface area contributed by atoms with Gasteiger partial charge in [0.25, 0.3) is 11.8 Å². The molecule has 1 saturated heterocycles. The first-order valence-corrected chi connectivity index (χ1v) is 13.5. The number of likely N-dealkylation sites (tertiary alicyclic amines) is 1. The van der Waals surface area contributed by atoms with E-state index in [9.17, 15) is 9.59 Å². The van der Waals surface area contributed by atoms with Crippen molar-refractivity contribution in [2.24, 2.45) is 0 Å². The molecular formula is C30H32N6O5. The molecule has 3 aliphatic rings. The molecule has 1 fully saturated rings. The molecule has 41 heavy (non-hydrogen) atoms. The van der Waals surface area contributed by atoms with E-state index in [2.05, 4.69) is 20.6 Å². The summed E-state index contributed by atoms with van der Waals surface area (Å²) in [4.78, 5) is 32.8. The Morgan fingerprint density at radius 2 is 1.90 bits per heavy atom. The number of carbonyl (C=O) groups is 2. The Bertz CT molecular complexity index is 1600. The summed E-state index contributed by atoms with van der Waals surface area (Å²) in [6.45, 7) is 5.93. The molecule has 0 aliphatic carbocycles. The van der Waals surface area contributed by atoms with E-state index in [0.717, 1.165) is 28.2 Å². The van der Waals surface area contributed by atoms with Crippen molar-refractivity contribution in [2.75, 3.05) is 26.8 Å². The van der Waals surface area contributed by atoms with Crippen molar-refractivity contribution < 1.29 is 23.8 Å². The molecule has 0 saturated carbocycles. The van der Waals surface area contributed by atoms with Crippen molar-refractivity contribution in [2.45, 2.75) is 39.1 Å². The standard InChI is InChI=1S/C30H32N6O5/c1-18-10-19(2)36-29(33-18)22(13-32-36)14-35-15-24-27(16-35)41-23-7-4-20(5-8-23)12-31-28(37)17-40-26-11-21(30(38)34-24)6-9-25(26)39-3/h4-11,13,24,27H,12,14-17H2,1-3H3,(H,31,37)(H,34,38)/t24-,27-/m0/s1. The highest BCUT2D eigenvalue weighted by molar-refractivity contribution is 5.95. The van der Waals surface area contributed by atoms with E-state index in [1.54, 1.807) is 18.2 Å². The number of carbonyl (C=O) groups excluding carboxylic acids is 2. The molecule has 2 amide bonds. The van der Waals surface area contributed by atoms with Crippen LogP contribution >= 0.6 is 0 Å². The van der Waals surface area contributed by atoms with Gasteiger partial charge in [-0.3, -0.25) is 14.5 Å². The van der Waals surface area contributed by atoms with Crippen LogP contribution in [-0.4, -0.2) is 70.3 Å². The zero-order chi connectivity index (χ0) is 28.5. The SMILES string of the molecule is COc1ccc2cc1OCC(=O)NCc1ccc(cc1)O[C@H]1CN(Cc3cnn4c(C)cc(C)nc34)C[C@@H]1NC2=O. The lowest BCUT2D eigenvalue weighted by Crippen LogP contribution is -2.45. The number of fused-ring (bicyclic) bond motifs is 8. The van der Waals surface area contributed by atoms with Crippen LogP contribution in [0.25, 0.3) is 5.65 Å². The Morgan fingerprint density at radius 3 is 2.71 bits per heavy atom. The lowest BCUT2D eigenvalue weighted by molar-refractivity contribution is -0.123. The second-order valence-corrected chi connectivity index (χ2v) is 10.4. The molecular weight excluding hydrogens is 524 g/mol. The molecule has 7 rings (SSSR count). The third kappa shape index (κ3) is 5.66. The van der Waals surface area contributed by atoms with E-state index in [1.807, 2.05) is 54.9 Å². The van der Waals surface area contributed by atoms with Crippen LogP contribution in [0.4, 0.5) is 0 Å². The highest BCUT2D eigenvalue weighted by Gasteiger charge is 2.36. The maximum atomic E-state index is 13.4. The first-order valence-electron chi connectivity index (χ1n) is 13.5. The Morgan fingerprint density at radius 1 is 1.07 bits per heavy atom. The van der Waals surface area contributed by atoms with Crippen molar-refractivity contribution >= 4 is 17.5 Å². The monoisotopic (exact) mass is 556 g/mol. The highest BCUT2D eigenvalue weighted by atomic mass is 16.5. The normalized spacial score (nSPS) is 19.6. The van der Waals surface area contributed by atoms with Gasteiger partial charge in [-0.15, -0.1) is 0 Å². The molecule has 3 aliphatic heterocycles. The first kappa shape index (κ1) is 26.6. The lowest BCUT2D eigenvalue weighted by atomic mass is 10.1. The Labute approximate surface area is 237 Å². The fourth-order valence-corrected chi connectivity index (χ4v) is 5.35. The van der Waals surface area contributed by atoms with E-state index >= 15 is 0 Å². The number of hydrogen-bond donors (Lipinski definition) is 2. The van der Waals surface area contributed by atoms with Gasteiger partial charge in [-0.25, -0.2) is 9.50 Å². The summed E-state index contributed by atoms with van der Waals surface area (Å²) in [5, 5.41) is 10.6. The van der Waals surface area contributed by atoms with Gasteiger partial charge < -0.3 is 24.8 Å². The lowest BCUT2D eigenvalue weighted by Gasteiger charge is -2.21. The summed E-state index contributed by atoms with van der Waals surface area (Å²) in [5.74, 6) is 0.882. The number of aryl methyl sites for hydroxylation is 2. The van der Waals surface area contributed by atoms with Gasteiger partial charge in [0, 0.05) is 48.7 Å². The number of rotatable bonds is 3. The molecule has 0 spiro atoms. The molecule has 0 radical (unpaired) electrons. The maximum Gasteiger partial charge on any atom is 0.258 e. The fourth-order valence-electron chi connectivity index (χ4n) is 5.35. The van der Waals surface area contributed by atoms with E-state index in [-0.39, 0.29) is 30.6 Å². The number of aromatic nitrogens is 3. The number of benzene rings is 2. The number of hydrogen-bond acceptors (Lipinski definition) is 8. The van der Waals surface area contributed by atoms with Crippen LogP contribution in [0.1, 0.15) is 32.9 Å². The van der Waals surface area contributed by atoms with Crippen LogP contribution in [0.2, 0.25) is 0 Å². The third-order valence-corrected chi connectivity index (χ3v) is 7.39. The summed E-state index contributed by atoms with van der Waals surface area (Å²) in [6, 6.07) is 14.2. The molecule has 2 N–H and O–H groups in total. The van der Waals surface area contributed by atoms with Gasteiger partial charge in [0.2, 0.25) is 0 Å². The third-order valence-electron chi connectivity index (χ3n) is 7.39. The van der Waals surface area contributed by atoms with E-state index in [0.29, 0.717) is 49.0 Å². The highest BCUT2D eigenvalue weighted by Crippen LogP contribution is 2.29. The molecule has 11 nitrogen and oxygen atoms in total. The van der Waals surface area contributed by atoms with E-state index < -0.39 is 0 Å². The average molecular weight is 557 g/mol. The topological polar surface area (TPSA) is 119 Å². The number of methoxy groups -OCH3 is 1.